The molecule has 32 heavy (non-hydrogen) atoms. The number of hydrogen-bond donors (Lipinski definition) is 2. The van der Waals surface area contributed by atoms with E-state index in [-0.39, 0.29) is 48.0 Å². The van der Waals surface area contributed by atoms with Gasteiger partial charge in [-0.2, -0.15) is 0 Å². The first-order chi connectivity index (χ1) is 15.5. The molecule has 0 fully saturated rings. The van der Waals surface area contributed by atoms with Gasteiger partial charge < -0.3 is 24.5 Å². The summed E-state index contributed by atoms with van der Waals surface area (Å²) in [7, 11) is 0. The number of carbonyl (C=O) groups excluding carboxylic acids is 2. The van der Waals surface area contributed by atoms with Crippen LogP contribution in [-0.2, 0) is 13.2 Å². The van der Waals surface area contributed by atoms with E-state index in [1.54, 1.807) is 21.7 Å². The fraction of sp³-hybridized carbons (Fsp3) is 0.217. The summed E-state index contributed by atoms with van der Waals surface area (Å²) < 4.78 is 7.37. The fourth-order valence-corrected chi connectivity index (χ4v) is 3.47. The molecule has 0 atom stereocenters. The standard InChI is InChI=1S/C23H22N4O5/c28-19-13-18-23(31)26(10-9-25-22(30)17-7-4-8-24-21(17)29)11-12-27(18)14-20(19)32-15-16-5-2-1-3-6-16/h1-8,13-14H,9-12,15H2,(H,24,29)(H,25,30). The molecule has 4 rings (SSSR count). The van der Waals surface area contributed by atoms with Crippen molar-refractivity contribution in [2.45, 2.75) is 13.2 Å². The predicted octanol–water partition coefficient (Wildman–Crippen LogP) is 1.00. The minimum atomic E-state index is -0.506. The van der Waals surface area contributed by atoms with Gasteiger partial charge in [-0.3, -0.25) is 19.2 Å². The third kappa shape index (κ3) is 4.61. The lowest BCUT2D eigenvalue weighted by molar-refractivity contribution is 0.0696. The van der Waals surface area contributed by atoms with E-state index in [0.29, 0.717) is 13.1 Å². The molecule has 9 nitrogen and oxygen atoms in total. The maximum Gasteiger partial charge on any atom is 0.270 e. The van der Waals surface area contributed by atoms with Gasteiger partial charge in [-0.05, 0) is 17.7 Å². The number of carbonyl (C=O) groups is 2. The fourth-order valence-electron chi connectivity index (χ4n) is 3.47. The van der Waals surface area contributed by atoms with Crippen LogP contribution in [0.2, 0.25) is 0 Å². The molecule has 164 valence electrons. The van der Waals surface area contributed by atoms with Crippen molar-refractivity contribution in [3.05, 3.63) is 98.3 Å². The van der Waals surface area contributed by atoms with Crippen molar-refractivity contribution in [1.29, 1.82) is 0 Å². The molecular weight excluding hydrogens is 412 g/mol. The van der Waals surface area contributed by atoms with Crippen molar-refractivity contribution < 1.29 is 14.3 Å². The van der Waals surface area contributed by atoms with Crippen molar-refractivity contribution in [1.82, 2.24) is 19.8 Å². The lowest BCUT2D eigenvalue weighted by Gasteiger charge is -2.30. The van der Waals surface area contributed by atoms with Gasteiger partial charge in [0, 0.05) is 38.4 Å². The summed E-state index contributed by atoms with van der Waals surface area (Å²) in [6.07, 6.45) is 3.02. The van der Waals surface area contributed by atoms with Gasteiger partial charge in [-0.15, -0.1) is 0 Å². The highest BCUT2D eigenvalue weighted by molar-refractivity contribution is 5.94. The van der Waals surface area contributed by atoms with E-state index in [1.165, 1.54) is 18.3 Å². The molecule has 2 amide bonds. The predicted molar refractivity (Wildman–Crippen MR) is 117 cm³/mol. The molecule has 1 aliphatic rings. The number of benzene rings is 1. The number of aromatic amines is 1. The topological polar surface area (TPSA) is 114 Å². The zero-order chi connectivity index (χ0) is 22.5. The van der Waals surface area contributed by atoms with Gasteiger partial charge >= 0.3 is 0 Å². The van der Waals surface area contributed by atoms with Crippen LogP contribution in [0.25, 0.3) is 0 Å². The molecule has 2 aromatic heterocycles. The number of aromatic nitrogens is 2. The average Bonchev–Trinajstić information content (AvgIpc) is 2.80. The summed E-state index contributed by atoms with van der Waals surface area (Å²) in [6, 6.07) is 13.8. The van der Waals surface area contributed by atoms with Crippen molar-refractivity contribution in [3.63, 3.8) is 0 Å². The Balaban J connectivity index is 1.37. The van der Waals surface area contributed by atoms with E-state index >= 15 is 0 Å². The summed E-state index contributed by atoms with van der Waals surface area (Å²) >= 11 is 0. The lowest BCUT2D eigenvalue weighted by atomic mass is 10.2. The number of rotatable bonds is 7. The van der Waals surface area contributed by atoms with Crippen LogP contribution in [-0.4, -0.2) is 45.9 Å². The second-order valence-corrected chi connectivity index (χ2v) is 7.32. The summed E-state index contributed by atoms with van der Waals surface area (Å²) in [5, 5.41) is 2.64. The molecule has 0 saturated heterocycles. The molecular formula is C23H22N4O5. The summed E-state index contributed by atoms with van der Waals surface area (Å²) in [6.45, 7) is 1.63. The molecule has 9 heteroatoms. The Hall–Kier alpha value is -4.14. The van der Waals surface area contributed by atoms with E-state index in [9.17, 15) is 19.2 Å². The van der Waals surface area contributed by atoms with Crippen LogP contribution in [0.15, 0.2) is 70.5 Å². The molecule has 0 bridgehead atoms. The smallest absolute Gasteiger partial charge is 0.270 e. The number of nitrogens with zero attached hydrogens (tertiary/aromatic N) is 2. The Morgan fingerprint density at radius 3 is 2.66 bits per heavy atom. The van der Waals surface area contributed by atoms with Crippen molar-refractivity contribution in [2.75, 3.05) is 19.6 Å². The van der Waals surface area contributed by atoms with Crippen LogP contribution >= 0.6 is 0 Å². The zero-order valence-electron chi connectivity index (χ0n) is 17.2. The Morgan fingerprint density at radius 2 is 1.88 bits per heavy atom. The Bertz CT molecular complexity index is 1250. The maximum absolute atomic E-state index is 12.8. The van der Waals surface area contributed by atoms with Gasteiger partial charge in [0.2, 0.25) is 5.43 Å². The molecule has 1 aromatic carbocycles. The quantitative estimate of drug-likeness (QED) is 0.576. The van der Waals surface area contributed by atoms with Crippen LogP contribution in [0, 0.1) is 0 Å². The van der Waals surface area contributed by atoms with Crippen molar-refractivity contribution in [3.8, 4) is 5.75 Å². The molecule has 1 aliphatic heterocycles. The van der Waals surface area contributed by atoms with E-state index in [0.717, 1.165) is 5.56 Å². The van der Waals surface area contributed by atoms with Gasteiger partial charge in [0.05, 0.1) is 6.20 Å². The van der Waals surface area contributed by atoms with Crippen molar-refractivity contribution >= 4 is 11.8 Å². The first kappa shape index (κ1) is 21.1. The van der Waals surface area contributed by atoms with E-state index < -0.39 is 11.5 Å². The highest BCUT2D eigenvalue weighted by atomic mass is 16.5. The van der Waals surface area contributed by atoms with Gasteiger partial charge in [0.25, 0.3) is 17.4 Å². The Labute approximate surface area is 183 Å². The zero-order valence-corrected chi connectivity index (χ0v) is 17.2. The van der Waals surface area contributed by atoms with Crippen LogP contribution in [0.3, 0.4) is 0 Å². The molecule has 3 aromatic rings. The molecule has 0 aliphatic carbocycles. The molecule has 0 spiro atoms. The first-order valence-corrected chi connectivity index (χ1v) is 10.2. The van der Waals surface area contributed by atoms with Crippen LogP contribution in [0.4, 0.5) is 0 Å². The van der Waals surface area contributed by atoms with E-state index in [4.69, 9.17) is 4.74 Å². The van der Waals surface area contributed by atoms with Gasteiger partial charge in [0.15, 0.2) is 5.75 Å². The van der Waals surface area contributed by atoms with Crippen LogP contribution in [0.1, 0.15) is 26.4 Å². The molecule has 0 saturated carbocycles. The largest absolute Gasteiger partial charge is 0.483 e. The number of nitrogens with one attached hydrogen (secondary N) is 2. The normalized spacial score (nSPS) is 12.9. The third-order valence-corrected chi connectivity index (χ3v) is 5.18. The Morgan fingerprint density at radius 1 is 1.06 bits per heavy atom. The van der Waals surface area contributed by atoms with Crippen LogP contribution in [0.5, 0.6) is 5.75 Å². The molecule has 0 radical (unpaired) electrons. The first-order valence-electron chi connectivity index (χ1n) is 10.2. The highest BCUT2D eigenvalue weighted by Gasteiger charge is 2.25. The molecule has 2 N–H and O–H groups in total. The van der Waals surface area contributed by atoms with Gasteiger partial charge in [-0.1, -0.05) is 30.3 Å². The number of fused-ring (bicyclic) bond motifs is 1. The number of H-pyrrole nitrogens is 1. The summed E-state index contributed by atoms with van der Waals surface area (Å²) in [4.78, 5) is 53.1. The van der Waals surface area contributed by atoms with Crippen LogP contribution < -0.4 is 21.0 Å². The molecule has 0 unspecified atom stereocenters. The third-order valence-electron chi connectivity index (χ3n) is 5.18. The van der Waals surface area contributed by atoms with Gasteiger partial charge in [0.1, 0.15) is 17.9 Å². The minimum absolute atomic E-state index is 0.0115. The highest BCUT2D eigenvalue weighted by Crippen LogP contribution is 2.15. The monoisotopic (exact) mass is 434 g/mol. The maximum atomic E-state index is 12.8. The summed E-state index contributed by atoms with van der Waals surface area (Å²) in [5.41, 5.74) is 0.393. The number of ether oxygens (including phenoxy) is 1. The van der Waals surface area contributed by atoms with E-state index in [1.807, 2.05) is 30.3 Å². The SMILES string of the molecule is O=C(NCCN1CCn2cc(OCc3ccccc3)c(=O)cc2C1=O)c1ccc[nH]c1=O. The number of pyridine rings is 2. The van der Waals surface area contributed by atoms with Gasteiger partial charge in [-0.25, -0.2) is 0 Å². The second-order valence-electron chi connectivity index (χ2n) is 7.32. The minimum Gasteiger partial charge on any atom is -0.483 e. The molecule has 3 heterocycles. The average molecular weight is 434 g/mol. The number of hydrogen-bond acceptors (Lipinski definition) is 5. The number of amides is 2. The van der Waals surface area contributed by atoms with Crippen molar-refractivity contribution in [2.24, 2.45) is 0 Å². The Kier molecular flexibility index (Phi) is 6.16. The summed E-state index contributed by atoms with van der Waals surface area (Å²) in [5.74, 6) is -0.609. The second kappa shape index (κ2) is 9.34. The lowest BCUT2D eigenvalue weighted by Crippen LogP contribution is -2.45. The van der Waals surface area contributed by atoms with E-state index in [2.05, 4.69) is 10.3 Å².